The number of carboxylic acids is 1. The van der Waals surface area contributed by atoms with Gasteiger partial charge in [-0.25, -0.2) is 14.0 Å². The summed E-state index contributed by atoms with van der Waals surface area (Å²) in [7, 11) is 3.11. The molecule has 3 rings (SSSR count). The van der Waals surface area contributed by atoms with Gasteiger partial charge in [-0.2, -0.15) is 0 Å². The van der Waals surface area contributed by atoms with Crippen LogP contribution < -0.4 is 20.9 Å². The quantitative estimate of drug-likeness (QED) is 0.652. The molecule has 1 saturated heterocycles. The zero-order valence-corrected chi connectivity index (χ0v) is 17.0. The molecule has 0 bridgehead atoms. The minimum atomic E-state index is -1.23. The second-order valence-electron chi connectivity index (χ2n) is 7.22. The molecule has 0 spiro atoms. The minimum Gasteiger partial charge on any atom is -0.493 e. The van der Waals surface area contributed by atoms with E-state index in [1.165, 1.54) is 29.8 Å². The highest BCUT2D eigenvalue weighted by Crippen LogP contribution is 2.20. The van der Waals surface area contributed by atoms with E-state index in [-0.39, 0.29) is 22.6 Å². The van der Waals surface area contributed by atoms with Crippen LogP contribution in [-0.2, 0) is 14.1 Å². The molecule has 1 aromatic carbocycles. The lowest BCUT2D eigenvalue weighted by Crippen LogP contribution is -2.49. The molecule has 30 heavy (non-hydrogen) atoms. The van der Waals surface area contributed by atoms with Gasteiger partial charge in [-0.1, -0.05) is 0 Å². The van der Waals surface area contributed by atoms with Crippen molar-refractivity contribution in [2.24, 2.45) is 14.1 Å². The van der Waals surface area contributed by atoms with Gasteiger partial charge in [0, 0.05) is 52.9 Å². The zero-order valence-electron chi connectivity index (χ0n) is 17.0. The van der Waals surface area contributed by atoms with Crippen molar-refractivity contribution in [1.29, 1.82) is 0 Å². The monoisotopic (exact) mass is 420 g/mol. The SMILES string of the molecule is Cn1c(N2CCN(CCCOc3ccc(F)cc3C(=O)O)CC2)cc(=O)n(C)c1=O. The molecule has 1 aliphatic heterocycles. The number of piperazine rings is 1. The number of carboxylic acid groups (broad SMARTS) is 1. The third kappa shape index (κ3) is 4.70. The van der Waals surface area contributed by atoms with Gasteiger partial charge in [-0.15, -0.1) is 0 Å². The standard InChI is InChI=1S/C20H25FN4O5/c1-22-17(13-18(26)23(2)20(22)29)25-9-7-24(8-10-25)6-3-11-30-16-5-4-14(21)12-15(16)19(27)28/h4-5,12-13H,3,6-11H2,1-2H3,(H,27,28). The first-order chi connectivity index (χ1) is 14.3. The predicted molar refractivity (Wildman–Crippen MR) is 109 cm³/mol. The number of ether oxygens (including phenoxy) is 1. The Morgan fingerprint density at radius 3 is 2.47 bits per heavy atom. The Bertz CT molecular complexity index is 1040. The largest absolute Gasteiger partial charge is 0.493 e. The average molecular weight is 420 g/mol. The van der Waals surface area contributed by atoms with Crippen LogP contribution in [0.15, 0.2) is 33.9 Å². The van der Waals surface area contributed by atoms with E-state index < -0.39 is 11.8 Å². The van der Waals surface area contributed by atoms with Crippen LogP contribution in [0.1, 0.15) is 16.8 Å². The maximum Gasteiger partial charge on any atom is 0.339 e. The van der Waals surface area contributed by atoms with E-state index in [2.05, 4.69) is 4.90 Å². The Morgan fingerprint density at radius 1 is 1.10 bits per heavy atom. The molecule has 2 heterocycles. The van der Waals surface area contributed by atoms with Crippen molar-refractivity contribution in [3.63, 3.8) is 0 Å². The summed E-state index contributed by atoms with van der Waals surface area (Å²) in [6.07, 6.45) is 0.681. The summed E-state index contributed by atoms with van der Waals surface area (Å²) in [4.78, 5) is 39.5. The first-order valence-corrected chi connectivity index (χ1v) is 9.68. The number of anilines is 1. The summed E-state index contributed by atoms with van der Waals surface area (Å²) >= 11 is 0. The molecule has 0 unspecified atom stereocenters. The topological polar surface area (TPSA) is 97.0 Å². The van der Waals surface area contributed by atoms with Gasteiger partial charge < -0.3 is 14.7 Å². The lowest BCUT2D eigenvalue weighted by Gasteiger charge is -2.36. The molecule has 10 heteroatoms. The van der Waals surface area contributed by atoms with Crippen LogP contribution in [0.5, 0.6) is 5.75 Å². The van der Waals surface area contributed by atoms with E-state index >= 15 is 0 Å². The molecular weight excluding hydrogens is 395 g/mol. The Morgan fingerprint density at radius 2 is 1.80 bits per heavy atom. The second kappa shape index (κ2) is 9.12. The Hall–Kier alpha value is -3.14. The van der Waals surface area contributed by atoms with Crippen molar-refractivity contribution in [1.82, 2.24) is 14.0 Å². The summed E-state index contributed by atoms with van der Waals surface area (Å²) < 4.78 is 21.3. The van der Waals surface area contributed by atoms with Crippen LogP contribution in [0.25, 0.3) is 0 Å². The smallest absolute Gasteiger partial charge is 0.339 e. The second-order valence-corrected chi connectivity index (χ2v) is 7.22. The van der Waals surface area contributed by atoms with Gasteiger partial charge in [-0.3, -0.25) is 18.8 Å². The van der Waals surface area contributed by atoms with Crippen molar-refractivity contribution in [3.05, 3.63) is 56.5 Å². The number of hydrogen-bond donors (Lipinski definition) is 1. The Balaban J connectivity index is 1.49. The summed E-state index contributed by atoms with van der Waals surface area (Å²) in [5.41, 5.74) is -0.865. The predicted octanol–water partition coefficient (Wildman–Crippen LogP) is 0.512. The number of nitrogens with zero attached hydrogens (tertiary/aromatic N) is 4. The molecule has 2 aromatic rings. The highest BCUT2D eigenvalue weighted by Gasteiger charge is 2.20. The molecule has 1 aliphatic rings. The highest BCUT2D eigenvalue weighted by molar-refractivity contribution is 5.90. The van der Waals surface area contributed by atoms with Crippen LogP contribution in [0, 0.1) is 5.82 Å². The maximum absolute atomic E-state index is 13.2. The molecule has 0 radical (unpaired) electrons. The molecule has 0 atom stereocenters. The number of aromatic carboxylic acids is 1. The van der Waals surface area contributed by atoms with Crippen molar-refractivity contribution in [2.45, 2.75) is 6.42 Å². The number of carbonyl (C=O) groups is 1. The van der Waals surface area contributed by atoms with Gasteiger partial charge in [0.1, 0.15) is 22.9 Å². The summed E-state index contributed by atoms with van der Waals surface area (Å²) in [6.45, 7) is 3.97. The molecule has 9 nitrogen and oxygen atoms in total. The summed E-state index contributed by atoms with van der Waals surface area (Å²) in [5, 5.41) is 9.14. The number of rotatable bonds is 7. The average Bonchev–Trinajstić information content (AvgIpc) is 2.73. The number of hydrogen-bond acceptors (Lipinski definition) is 6. The van der Waals surface area contributed by atoms with Crippen LogP contribution in [0.4, 0.5) is 10.2 Å². The first kappa shape index (κ1) is 21.6. The van der Waals surface area contributed by atoms with Crippen molar-refractivity contribution in [3.8, 4) is 5.75 Å². The van der Waals surface area contributed by atoms with Gasteiger partial charge in [0.2, 0.25) is 0 Å². The van der Waals surface area contributed by atoms with Crippen LogP contribution in [-0.4, -0.2) is 64.4 Å². The molecule has 162 valence electrons. The molecule has 0 amide bonds. The van der Waals surface area contributed by atoms with Gasteiger partial charge in [-0.05, 0) is 24.6 Å². The normalized spacial score (nSPS) is 14.7. The lowest BCUT2D eigenvalue weighted by molar-refractivity contribution is 0.0691. The van der Waals surface area contributed by atoms with E-state index in [1.807, 2.05) is 4.90 Å². The van der Waals surface area contributed by atoms with Gasteiger partial charge >= 0.3 is 11.7 Å². The molecule has 1 aromatic heterocycles. The minimum absolute atomic E-state index is 0.153. The number of benzene rings is 1. The third-order valence-corrected chi connectivity index (χ3v) is 5.25. The fraction of sp³-hybridized carbons (Fsp3) is 0.450. The number of halogens is 1. The van der Waals surface area contributed by atoms with Crippen LogP contribution in [0.2, 0.25) is 0 Å². The van der Waals surface area contributed by atoms with E-state index in [9.17, 15) is 18.8 Å². The first-order valence-electron chi connectivity index (χ1n) is 9.68. The van der Waals surface area contributed by atoms with E-state index in [0.29, 0.717) is 31.9 Å². The molecule has 1 fully saturated rings. The van der Waals surface area contributed by atoms with Crippen molar-refractivity contribution >= 4 is 11.8 Å². The molecule has 0 aliphatic carbocycles. The highest BCUT2D eigenvalue weighted by atomic mass is 19.1. The van der Waals surface area contributed by atoms with Crippen LogP contribution in [0.3, 0.4) is 0 Å². The molecule has 1 N–H and O–H groups in total. The van der Waals surface area contributed by atoms with Crippen LogP contribution >= 0.6 is 0 Å². The Kier molecular flexibility index (Phi) is 6.56. The van der Waals surface area contributed by atoms with Crippen molar-refractivity contribution < 1.29 is 19.0 Å². The van der Waals surface area contributed by atoms with E-state index in [4.69, 9.17) is 9.84 Å². The summed E-state index contributed by atoms with van der Waals surface area (Å²) in [5.74, 6) is -1.08. The van der Waals surface area contributed by atoms with Gasteiger partial charge in [0.25, 0.3) is 5.56 Å². The van der Waals surface area contributed by atoms with Gasteiger partial charge in [0.05, 0.1) is 6.61 Å². The zero-order chi connectivity index (χ0) is 21.8. The summed E-state index contributed by atoms with van der Waals surface area (Å²) in [6, 6.07) is 4.92. The third-order valence-electron chi connectivity index (χ3n) is 5.25. The number of aromatic nitrogens is 2. The fourth-order valence-electron chi connectivity index (χ4n) is 3.49. The lowest BCUT2D eigenvalue weighted by atomic mass is 10.2. The Labute approximate surface area is 172 Å². The van der Waals surface area contributed by atoms with Gasteiger partial charge in [0.15, 0.2) is 0 Å². The van der Waals surface area contributed by atoms with E-state index in [1.54, 1.807) is 7.05 Å². The maximum atomic E-state index is 13.2. The van der Waals surface area contributed by atoms with E-state index in [0.717, 1.165) is 30.3 Å². The fourth-order valence-corrected chi connectivity index (χ4v) is 3.49. The molecular formula is C20H25FN4O5. The van der Waals surface area contributed by atoms with Crippen molar-refractivity contribution in [2.75, 3.05) is 44.2 Å². The molecule has 0 saturated carbocycles.